The summed E-state index contributed by atoms with van der Waals surface area (Å²) in [5, 5.41) is 9.93. The molecule has 0 amide bonds. The third kappa shape index (κ3) is 11.9. The Kier molecular flexibility index (Phi) is 15.7. The lowest BCUT2D eigenvalue weighted by atomic mass is 9.69. The zero-order valence-corrected chi connectivity index (χ0v) is 26.7. The maximum Gasteiger partial charge on any atom is 0.314 e. The third-order valence-corrected chi connectivity index (χ3v) is 9.28. The topological polar surface area (TPSA) is 63.0 Å². The minimum Gasteiger partial charge on any atom is -0.426 e. The molecule has 3 rings (SSSR count). The van der Waals surface area contributed by atoms with Crippen LogP contribution in [0.15, 0.2) is 42.6 Å². The van der Waals surface area contributed by atoms with E-state index in [-0.39, 0.29) is 17.3 Å². The highest BCUT2D eigenvalue weighted by Crippen LogP contribution is 2.43. The van der Waals surface area contributed by atoms with E-state index < -0.39 is 0 Å². The molecule has 230 valence electrons. The highest BCUT2D eigenvalue weighted by Gasteiger charge is 2.38. The Hall–Kier alpha value is -2.67. The van der Waals surface area contributed by atoms with Crippen molar-refractivity contribution in [1.82, 2.24) is 4.98 Å². The van der Waals surface area contributed by atoms with Gasteiger partial charge in [-0.3, -0.25) is 9.78 Å². The van der Waals surface area contributed by atoms with Crippen LogP contribution in [0.5, 0.6) is 5.75 Å². The highest BCUT2D eigenvalue weighted by molar-refractivity contribution is 5.75. The fraction of sp³-hybridized carbons (Fsp3) is 0.658. The molecule has 1 aromatic heterocycles. The summed E-state index contributed by atoms with van der Waals surface area (Å²) in [6.07, 6.45) is 26.7. The molecule has 42 heavy (non-hydrogen) atoms. The van der Waals surface area contributed by atoms with E-state index in [2.05, 4.69) is 32.0 Å². The average Bonchev–Trinajstić information content (AvgIpc) is 3.03. The summed E-state index contributed by atoms with van der Waals surface area (Å²) < 4.78 is 5.76. The van der Waals surface area contributed by atoms with Gasteiger partial charge in [-0.15, -0.1) is 0 Å². The number of aryl methyl sites for hydroxylation is 1. The van der Waals surface area contributed by atoms with Gasteiger partial charge in [-0.05, 0) is 80.8 Å². The molecule has 4 nitrogen and oxygen atoms in total. The Morgan fingerprint density at radius 1 is 0.810 bits per heavy atom. The van der Waals surface area contributed by atoms with Crippen LogP contribution in [0, 0.1) is 22.7 Å². The van der Waals surface area contributed by atoms with E-state index in [0.717, 1.165) is 56.2 Å². The molecule has 1 heterocycles. The Bertz CT molecular complexity index is 1050. The number of carbonyl (C=O) groups excluding carboxylic acids is 1. The summed E-state index contributed by atoms with van der Waals surface area (Å²) in [4.78, 5) is 17.6. The van der Waals surface area contributed by atoms with Crippen molar-refractivity contribution in [3.05, 3.63) is 48.2 Å². The number of nitriles is 1. The molecule has 0 N–H and O–H groups in total. The van der Waals surface area contributed by atoms with Crippen molar-refractivity contribution in [2.75, 3.05) is 0 Å². The van der Waals surface area contributed by atoms with Gasteiger partial charge < -0.3 is 4.74 Å². The number of hydrogen-bond acceptors (Lipinski definition) is 4. The zero-order valence-electron chi connectivity index (χ0n) is 26.7. The second kappa shape index (κ2) is 19.5. The third-order valence-electron chi connectivity index (χ3n) is 9.28. The minimum atomic E-state index is -0.252. The number of carbonyl (C=O) groups is 1. The highest BCUT2D eigenvalue weighted by atomic mass is 16.5. The molecule has 1 aliphatic carbocycles. The van der Waals surface area contributed by atoms with Gasteiger partial charge in [-0.2, -0.15) is 5.26 Å². The predicted molar refractivity (Wildman–Crippen MR) is 174 cm³/mol. The Morgan fingerprint density at radius 3 is 1.93 bits per heavy atom. The number of benzene rings is 1. The Morgan fingerprint density at radius 2 is 1.38 bits per heavy atom. The number of pyridine rings is 1. The van der Waals surface area contributed by atoms with Crippen LogP contribution in [0.3, 0.4) is 0 Å². The summed E-state index contributed by atoms with van der Waals surface area (Å²) in [7, 11) is 0. The van der Waals surface area contributed by atoms with E-state index in [9.17, 15) is 10.1 Å². The van der Waals surface area contributed by atoms with Crippen molar-refractivity contribution in [2.45, 2.75) is 149 Å². The fourth-order valence-electron chi connectivity index (χ4n) is 6.34. The van der Waals surface area contributed by atoms with Crippen LogP contribution < -0.4 is 4.74 Å². The van der Waals surface area contributed by atoms with Crippen molar-refractivity contribution in [3.8, 4) is 23.1 Å². The van der Waals surface area contributed by atoms with Crippen LogP contribution in [-0.4, -0.2) is 11.0 Å². The summed E-state index contributed by atoms with van der Waals surface area (Å²) >= 11 is 0. The van der Waals surface area contributed by atoms with E-state index >= 15 is 0 Å². The van der Waals surface area contributed by atoms with Gasteiger partial charge in [0.15, 0.2) is 0 Å². The molecule has 0 saturated heterocycles. The van der Waals surface area contributed by atoms with Crippen molar-refractivity contribution < 1.29 is 9.53 Å². The molecule has 0 aliphatic heterocycles. The van der Waals surface area contributed by atoms with Gasteiger partial charge in [-0.1, -0.05) is 110 Å². The lowest BCUT2D eigenvalue weighted by Crippen LogP contribution is -2.31. The maximum atomic E-state index is 12.9. The van der Waals surface area contributed by atoms with E-state index in [1.54, 1.807) is 0 Å². The van der Waals surface area contributed by atoms with Crippen LogP contribution in [0.2, 0.25) is 0 Å². The summed E-state index contributed by atoms with van der Waals surface area (Å²) in [6, 6.07) is 14.6. The van der Waals surface area contributed by atoms with Gasteiger partial charge in [0.2, 0.25) is 0 Å². The zero-order chi connectivity index (χ0) is 29.9. The smallest absolute Gasteiger partial charge is 0.314 e. The van der Waals surface area contributed by atoms with Gasteiger partial charge in [0.25, 0.3) is 0 Å². The van der Waals surface area contributed by atoms with Crippen LogP contribution in [0.25, 0.3) is 11.3 Å². The largest absolute Gasteiger partial charge is 0.426 e. The van der Waals surface area contributed by atoms with Gasteiger partial charge in [0.05, 0.1) is 23.1 Å². The quantitative estimate of drug-likeness (QED) is 0.0899. The lowest BCUT2D eigenvalue weighted by molar-refractivity contribution is -0.140. The molecule has 1 aliphatic rings. The van der Waals surface area contributed by atoms with Gasteiger partial charge in [0.1, 0.15) is 5.75 Å². The fourth-order valence-corrected chi connectivity index (χ4v) is 6.34. The first kappa shape index (κ1) is 33.8. The first-order chi connectivity index (χ1) is 20.6. The minimum absolute atomic E-state index is 0.115. The molecule has 0 spiro atoms. The van der Waals surface area contributed by atoms with Crippen molar-refractivity contribution in [2.24, 2.45) is 11.3 Å². The van der Waals surface area contributed by atoms with Crippen molar-refractivity contribution >= 4 is 5.97 Å². The molecule has 0 bridgehead atoms. The van der Waals surface area contributed by atoms with Crippen molar-refractivity contribution in [1.29, 1.82) is 5.26 Å². The molecule has 1 fully saturated rings. The molecule has 4 heteroatoms. The standard InChI is InChI=1S/C38H56N2O2/c1-3-5-7-9-11-12-14-16-18-32-19-24-36(40-30-32)33-20-22-35(23-21-33)42-37(41)34-25-28-38(31-39,29-26-34)27-17-15-13-10-8-6-4-2/h19-24,30,34H,3-18,25-29H2,1-2H3. The number of nitrogens with zero attached hydrogens (tertiary/aromatic N) is 2. The number of unbranched alkanes of at least 4 members (excludes halogenated alkanes) is 13. The number of esters is 1. The molecule has 2 aromatic rings. The Balaban J connectivity index is 1.36. The second-order valence-corrected chi connectivity index (χ2v) is 12.8. The first-order valence-corrected chi connectivity index (χ1v) is 17.3. The molecular formula is C38H56N2O2. The summed E-state index contributed by atoms with van der Waals surface area (Å²) in [5.74, 6) is 0.305. The van der Waals surface area contributed by atoms with E-state index in [1.807, 2.05) is 30.5 Å². The van der Waals surface area contributed by atoms with E-state index in [4.69, 9.17) is 9.72 Å². The second-order valence-electron chi connectivity index (χ2n) is 12.8. The first-order valence-electron chi connectivity index (χ1n) is 17.3. The van der Waals surface area contributed by atoms with E-state index in [1.165, 1.54) is 95.5 Å². The number of rotatable bonds is 20. The van der Waals surface area contributed by atoms with Crippen molar-refractivity contribution in [3.63, 3.8) is 0 Å². The number of aromatic nitrogens is 1. The molecular weight excluding hydrogens is 516 g/mol. The van der Waals surface area contributed by atoms with Gasteiger partial charge in [0, 0.05) is 11.8 Å². The maximum absolute atomic E-state index is 12.9. The van der Waals surface area contributed by atoms with E-state index in [0.29, 0.717) is 5.75 Å². The summed E-state index contributed by atoms with van der Waals surface area (Å²) in [5.41, 5.74) is 3.01. The van der Waals surface area contributed by atoms with Crippen LogP contribution >= 0.6 is 0 Å². The predicted octanol–water partition coefficient (Wildman–Crippen LogP) is 11.2. The van der Waals surface area contributed by atoms with Crippen LogP contribution in [0.1, 0.15) is 148 Å². The molecule has 0 unspecified atom stereocenters. The summed E-state index contributed by atoms with van der Waals surface area (Å²) in [6.45, 7) is 4.51. The molecule has 1 saturated carbocycles. The molecule has 1 aromatic carbocycles. The normalized spacial score (nSPS) is 18.5. The Labute approximate surface area is 256 Å². The van der Waals surface area contributed by atoms with Crippen LogP contribution in [0.4, 0.5) is 0 Å². The molecule has 0 atom stereocenters. The monoisotopic (exact) mass is 572 g/mol. The number of hydrogen-bond donors (Lipinski definition) is 0. The van der Waals surface area contributed by atoms with Gasteiger partial charge >= 0.3 is 5.97 Å². The molecule has 0 radical (unpaired) electrons. The van der Waals surface area contributed by atoms with Crippen LogP contribution in [-0.2, 0) is 11.2 Å². The average molecular weight is 573 g/mol. The van der Waals surface area contributed by atoms with Gasteiger partial charge in [-0.25, -0.2) is 0 Å². The lowest BCUT2D eigenvalue weighted by Gasteiger charge is -2.34. The number of ether oxygens (including phenoxy) is 1. The SMILES string of the molecule is CCCCCCCCCCc1ccc(-c2ccc(OC(=O)C3CCC(C#N)(CCCCCCCCC)CC3)cc2)nc1.